The number of carbonyl (C=O) groups is 1. The summed E-state index contributed by atoms with van der Waals surface area (Å²) >= 11 is 5.75. The van der Waals surface area contributed by atoms with E-state index in [4.69, 9.17) is 16.3 Å². The number of halogens is 1. The van der Waals surface area contributed by atoms with Gasteiger partial charge in [-0.1, -0.05) is 29.8 Å². The van der Waals surface area contributed by atoms with Gasteiger partial charge in [-0.3, -0.25) is 4.79 Å². The smallest absolute Gasteiger partial charge is 0.245 e. The molecule has 0 aliphatic carbocycles. The van der Waals surface area contributed by atoms with Gasteiger partial charge in [0.2, 0.25) is 15.9 Å². The van der Waals surface area contributed by atoms with Gasteiger partial charge in [0.1, 0.15) is 17.8 Å². The van der Waals surface area contributed by atoms with E-state index >= 15 is 0 Å². The SMILES string of the molecule is COc1ccc([C@@H]2N(C(=O)CCl)CCN2S(=O)(=O)c2ccc(C)cc2)cc1. The van der Waals surface area contributed by atoms with Crippen molar-refractivity contribution in [3.05, 3.63) is 59.7 Å². The Morgan fingerprint density at radius 2 is 1.74 bits per heavy atom. The van der Waals surface area contributed by atoms with Gasteiger partial charge in [-0.25, -0.2) is 8.42 Å². The summed E-state index contributed by atoms with van der Waals surface area (Å²) in [5.41, 5.74) is 1.66. The van der Waals surface area contributed by atoms with E-state index in [1.807, 2.05) is 6.92 Å². The highest BCUT2D eigenvalue weighted by Gasteiger charge is 2.42. The van der Waals surface area contributed by atoms with Crippen LogP contribution in [-0.2, 0) is 14.8 Å². The fraction of sp³-hybridized carbons (Fsp3) is 0.316. The summed E-state index contributed by atoms with van der Waals surface area (Å²) in [6, 6.07) is 13.7. The fourth-order valence-electron chi connectivity index (χ4n) is 3.16. The van der Waals surface area contributed by atoms with Crippen LogP contribution in [-0.4, -0.2) is 49.6 Å². The van der Waals surface area contributed by atoms with Crippen molar-refractivity contribution in [3.63, 3.8) is 0 Å². The predicted molar refractivity (Wildman–Crippen MR) is 103 cm³/mol. The molecule has 2 aromatic rings. The first kappa shape index (κ1) is 19.7. The molecule has 3 rings (SSSR count). The highest BCUT2D eigenvalue weighted by molar-refractivity contribution is 7.89. The highest BCUT2D eigenvalue weighted by Crippen LogP contribution is 2.35. The second kappa shape index (κ2) is 7.88. The molecule has 1 atom stereocenters. The summed E-state index contributed by atoms with van der Waals surface area (Å²) in [6.45, 7) is 2.39. The molecule has 1 amide bonds. The monoisotopic (exact) mass is 408 g/mol. The summed E-state index contributed by atoms with van der Waals surface area (Å²) in [7, 11) is -2.22. The summed E-state index contributed by atoms with van der Waals surface area (Å²) < 4.78 is 33.0. The second-order valence-corrected chi connectivity index (χ2v) is 8.45. The number of benzene rings is 2. The van der Waals surface area contributed by atoms with Crippen LogP contribution in [0.5, 0.6) is 5.75 Å². The van der Waals surface area contributed by atoms with Crippen LogP contribution in [0.25, 0.3) is 0 Å². The van der Waals surface area contributed by atoms with Crippen molar-refractivity contribution in [2.24, 2.45) is 0 Å². The molecule has 0 saturated carbocycles. The molecular formula is C19H21ClN2O4S. The number of amides is 1. The van der Waals surface area contributed by atoms with Crippen molar-refractivity contribution in [1.82, 2.24) is 9.21 Å². The molecule has 0 N–H and O–H groups in total. The molecule has 0 bridgehead atoms. The predicted octanol–water partition coefficient (Wildman–Crippen LogP) is 2.77. The number of sulfonamides is 1. The van der Waals surface area contributed by atoms with Crippen LogP contribution in [0.1, 0.15) is 17.3 Å². The second-order valence-electron chi connectivity index (χ2n) is 6.30. The molecule has 27 heavy (non-hydrogen) atoms. The van der Waals surface area contributed by atoms with Gasteiger partial charge in [-0.05, 0) is 36.8 Å². The van der Waals surface area contributed by atoms with E-state index in [9.17, 15) is 13.2 Å². The van der Waals surface area contributed by atoms with Crippen molar-refractivity contribution < 1.29 is 17.9 Å². The molecule has 0 unspecified atom stereocenters. The third kappa shape index (κ3) is 3.81. The first-order valence-corrected chi connectivity index (χ1v) is 10.4. The number of nitrogens with zero attached hydrogens (tertiary/aromatic N) is 2. The Bertz CT molecular complexity index is 914. The molecule has 0 aromatic heterocycles. The van der Waals surface area contributed by atoms with Gasteiger partial charge in [0, 0.05) is 13.1 Å². The van der Waals surface area contributed by atoms with E-state index in [2.05, 4.69) is 0 Å². The molecule has 1 aliphatic heterocycles. The molecular weight excluding hydrogens is 388 g/mol. The van der Waals surface area contributed by atoms with Crippen LogP contribution in [0.4, 0.5) is 0 Å². The molecule has 1 saturated heterocycles. The lowest BCUT2D eigenvalue weighted by molar-refractivity contribution is -0.130. The van der Waals surface area contributed by atoms with Crippen LogP contribution in [0.2, 0.25) is 0 Å². The average molecular weight is 409 g/mol. The maximum absolute atomic E-state index is 13.2. The summed E-state index contributed by atoms with van der Waals surface area (Å²) in [4.78, 5) is 14.0. The van der Waals surface area contributed by atoms with Gasteiger partial charge in [0.25, 0.3) is 0 Å². The van der Waals surface area contributed by atoms with Crippen molar-refractivity contribution in [2.45, 2.75) is 18.0 Å². The first-order valence-electron chi connectivity index (χ1n) is 8.46. The number of methoxy groups -OCH3 is 1. The van der Waals surface area contributed by atoms with Crippen LogP contribution >= 0.6 is 11.6 Å². The minimum atomic E-state index is -3.78. The minimum Gasteiger partial charge on any atom is -0.497 e. The maximum Gasteiger partial charge on any atom is 0.245 e. The standard InChI is InChI=1S/C19H21ClN2O4S/c1-14-3-9-17(10-4-14)27(24,25)22-12-11-21(18(23)13-20)19(22)15-5-7-16(26-2)8-6-15/h3-10,19H,11-13H2,1-2H3/t19-/m1/s1. The largest absolute Gasteiger partial charge is 0.497 e. The van der Waals surface area contributed by atoms with Gasteiger partial charge in [0.05, 0.1) is 12.0 Å². The fourth-order valence-corrected chi connectivity index (χ4v) is 4.89. The number of carbonyl (C=O) groups excluding carboxylic acids is 1. The number of alkyl halides is 1. The molecule has 0 spiro atoms. The molecule has 1 fully saturated rings. The minimum absolute atomic E-state index is 0.201. The number of aryl methyl sites for hydroxylation is 1. The molecule has 144 valence electrons. The van der Waals surface area contributed by atoms with Crippen molar-refractivity contribution >= 4 is 27.5 Å². The molecule has 2 aromatic carbocycles. The Labute approximate surface area is 164 Å². The van der Waals surface area contributed by atoms with Crippen LogP contribution in [0, 0.1) is 6.92 Å². The van der Waals surface area contributed by atoms with E-state index in [-0.39, 0.29) is 29.8 Å². The number of hydrogen-bond donors (Lipinski definition) is 0. The first-order chi connectivity index (χ1) is 12.9. The maximum atomic E-state index is 13.2. The number of rotatable bonds is 5. The Morgan fingerprint density at radius 3 is 2.30 bits per heavy atom. The summed E-state index contributed by atoms with van der Waals surface area (Å²) in [6.07, 6.45) is -0.742. The Hall–Kier alpha value is -2.09. The van der Waals surface area contributed by atoms with Crippen molar-refractivity contribution in [3.8, 4) is 5.75 Å². The average Bonchev–Trinajstić information content (AvgIpc) is 3.13. The number of ether oxygens (including phenoxy) is 1. The highest BCUT2D eigenvalue weighted by atomic mass is 35.5. The van der Waals surface area contributed by atoms with Crippen LogP contribution in [0.15, 0.2) is 53.4 Å². The van der Waals surface area contributed by atoms with Crippen LogP contribution < -0.4 is 4.74 Å². The topological polar surface area (TPSA) is 66.9 Å². The molecule has 6 nitrogen and oxygen atoms in total. The summed E-state index contributed by atoms with van der Waals surface area (Å²) in [5, 5.41) is 0. The van der Waals surface area contributed by atoms with E-state index in [0.717, 1.165) is 5.56 Å². The van der Waals surface area contributed by atoms with Gasteiger partial charge in [-0.15, -0.1) is 11.6 Å². The van der Waals surface area contributed by atoms with Gasteiger partial charge >= 0.3 is 0 Å². The molecule has 8 heteroatoms. The molecule has 1 heterocycles. The zero-order valence-electron chi connectivity index (χ0n) is 15.1. The Morgan fingerprint density at radius 1 is 1.11 bits per heavy atom. The molecule has 1 aliphatic rings. The van der Waals surface area contributed by atoms with Gasteiger partial charge in [0.15, 0.2) is 0 Å². The normalized spacial score (nSPS) is 17.9. The van der Waals surface area contributed by atoms with Crippen molar-refractivity contribution in [2.75, 3.05) is 26.1 Å². The van der Waals surface area contributed by atoms with Gasteiger partial charge in [-0.2, -0.15) is 4.31 Å². The van der Waals surface area contributed by atoms with E-state index in [1.165, 1.54) is 9.21 Å². The van der Waals surface area contributed by atoms with E-state index in [0.29, 0.717) is 11.3 Å². The van der Waals surface area contributed by atoms with Crippen molar-refractivity contribution in [1.29, 1.82) is 0 Å². The zero-order chi connectivity index (χ0) is 19.6. The third-order valence-corrected chi connectivity index (χ3v) is 6.70. The lowest BCUT2D eigenvalue weighted by Gasteiger charge is -2.30. The van der Waals surface area contributed by atoms with Crippen LogP contribution in [0.3, 0.4) is 0 Å². The quantitative estimate of drug-likeness (QED) is 0.713. The molecule has 0 radical (unpaired) electrons. The van der Waals surface area contributed by atoms with E-state index < -0.39 is 16.2 Å². The number of hydrogen-bond acceptors (Lipinski definition) is 4. The Kier molecular flexibility index (Phi) is 5.74. The lowest BCUT2D eigenvalue weighted by atomic mass is 10.1. The lowest BCUT2D eigenvalue weighted by Crippen LogP contribution is -2.38. The third-order valence-electron chi connectivity index (χ3n) is 4.61. The van der Waals surface area contributed by atoms with Gasteiger partial charge < -0.3 is 9.64 Å². The Balaban J connectivity index is 2.04. The summed E-state index contributed by atoms with van der Waals surface area (Å²) in [5.74, 6) is 0.143. The zero-order valence-corrected chi connectivity index (χ0v) is 16.7. The van der Waals surface area contributed by atoms with E-state index in [1.54, 1.807) is 55.6 Å².